The molecule has 84 valence electrons. The molecule has 1 rings (SSSR count). The Morgan fingerprint density at radius 3 is 3.00 bits per heavy atom. The number of imidazole rings is 1. The third-order valence-corrected chi connectivity index (χ3v) is 1.91. The molecule has 0 saturated heterocycles. The standard InChI is InChI=1S/C10H18N4O/c1-8(2)11-4-3-10(15)14-7-9-12-5-6-13-9/h5-6,8,11H,3-4,7H2,1-2H3,(H,12,13)(H,14,15). The van der Waals surface area contributed by atoms with Gasteiger partial charge in [-0.25, -0.2) is 4.98 Å². The second kappa shape index (κ2) is 6.19. The van der Waals surface area contributed by atoms with Gasteiger partial charge in [0.25, 0.3) is 0 Å². The van der Waals surface area contributed by atoms with Crippen LogP contribution in [0.15, 0.2) is 12.4 Å². The van der Waals surface area contributed by atoms with Crippen LogP contribution in [0.25, 0.3) is 0 Å². The summed E-state index contributed by atoms with van der Waals surface area (Å²) in [6.45, 7) is 5.29. The highest BCUT2D eigenvalue weighted by Gasteiger charge is 2.02. The first-order valence-corrected chi connectivity index (χ1v) is 5.17. The molecular weight excluding hydrogens is 192 g/mol. The monoisotopic (exact) mass is 210 g/mol. The molecule has 0 aliphatic heterocycles. The van der Waals surface area contributed by atoms with Gasteiger partial charge < -0.3 is 15.6 Å². The first-order chi connectivity index (χ1) is 7.18. The fourth-order valence-corrected chi connectivity index (χ4v) is 1.14. The Hall–Kier alpha value is -1.36. The maximum Gasteiger partial charge on any atom is 0.221 e. The van der Waals surface area contributed by atoms with E-state index >= 15 is 0 Å². The lowest BCUT2D eigenvalue weighted by atomic mass is 10.3. The second-order valence-electron chi connectivity index (χ2n) is 3.67. The van der Waals surface area contributed by atoms with Crippen molar-refractivity contribution in [2.24, 2.45) is 0 Å². The number of H-pyrrole nitrogens is 1. The molecular formula is C10H18N4O. The highest BCUT2D eigenvalue weighted by molar-refractivity contribution is 5.75. The summed E-state index contributed by atoms with van der Waals surface area (Å²) in [5.74, 6) is 0.819. The van der Waals surface area contributed by atoms with Gasteiger partial charge in [-0.05, 0) is 0 Å². The summed E-state index contributed by atoms with van der Waals surface area (Å²) in [4.78, 5) is 18.3. The zero-order valence-corrected chi connectivity index (χ0v) is 9.21. The van der Waals surface area contributed by atoms with Crippen LogP contribution >= 0.6 is 0 Å². The molecule has 0 aliphatic rings. The molecule has 1 amide bonds. The first-order valence-electron chi connectivity index (χ1n) is 5.17. The van der Waals surface area contributed by atoms with Crippen LogP contribution in [-0.2, 0) is 11.3 Å². The predicted molar refractivity (Wildman–Crippen MR) is 58.2 cm³/mol. The van der Waals surface area contributed by atoms with Gasteiger partial charge in [-0.2, -0.15) is 0 Å². The Kier molecular flexibility index (Phi) is 4.83. The first kappa shape index (κ1) is 11.7. The molecule has 15 heavy (non-hydrogen) atoms. The smallest absolute Gasteiger partial charge is 0.221 e. The summed E-state index contributed by atoms with van der Waals surface area (Å²) in [5.41, 5.74) is 0. The van der Waals surface area contributed by atoms with Crippen LogP contribution in [0.5, 0.6) is 0 Å². The number of nitrogens with zero attached hydrogens (tertiary/aromatic N) is 1. The van der Waals surface area contributed by atoms with Gasteiger partial charge in [0, 0.05) is 31.4 Å². The Balaban J connectivity index is 2.09. The van der Waals surface area contributed by atoms with E-state index in [4.69, 9.17) is 0 Å². The summed E-state index contributed by atoms with van der Waals surface area (Å²) in [5, 5.41) is 5.97. The molecule has 1 aromatic rings. The van der Waals surface area contributed by atoms with E-state index in [9.17, 15) is 4.79 Å². The van der Waals surface area contributed by atoms with Gasteiger partial charge in [0.05, 0.1) is 6.54 Å². The van der Waals surface area contributed by atoms with E-state index in [0.29, 0.717) is 25.6 Å². The Bertz CT molecular complexity index is 282. The van der Waals surface area contributed by atoms with Crippen LogP contribution in [0.3, 0.4) is 0 Å². The van der Waals surface area contributed by atoms with Gasteiger partial charge in [-0.1, -0.05) is 13.8 Å². The lowest BCUT2D eigenvalue weighted by Gasteiger charge is -2.07. The molecule has 0 fully saturated rings. The van der Waals surface area contributed by atoms with Crippen molar-refractivity contribution in [3.63, 3.8) is 0 Å². The average molecular weight is 210 g/mol. The van der Waals surface area contributed by atoms with Gasteiger partial charge in [0.15, 0.2) is 0 Å². The van der Waals surface area contributed by atoms with Crippen LogP contribution in [0.4, 0.5) is 0 Å². The van der Waals surface area contributed by atoms with Crippen molar-refractivity contribution in [1.29, 1.82) is 0 Å². The number of carbonyl (C=O) groups excluding carboxylic acids is 1. The molecule has 1 heterocycles. The SMILES string of the molecule is CC(C)NCCC(=O)NCc1ncc[nH]1. The second-order valence-corrected chi connectivity index (χ2v) is 3.67. The minimum absolute atomic E-state index is 0.0413. The van der Waals surface area contributed by atoms with Crippen molar-refractivity contribution in [2.45, 2.75) is 32.9 Å². The summed E-state index contributed by atoms with van der Waals surface area (Å²) >= 11 is 0. The largest absolute Gasteiger partial charge is 0.349 e. The molecule has 0 radical (unpaired) electrons. The van der Waals surface area contributed by atoms with Gasteiger partial charge in [-0.15, -0.1) is 0 Å². The van der Waals surface area contributed by atoms with Gasteiger partial charge >= 0.3 is 0 Å². The van der Waals surface area contributed by atoms with E-state index in [-0.39, 0.29) is 5.91 Å². The van der Waals surface area contributed by atoms with Crippen molar-refractivity contribution < 1.29 is 4.79 Å². The van der Waals surface area contributed by atoms with Crippen molar-refractivity contribution >= 4 is 5.91 Å². The Morgan fingerprint density at radius 1 is 1.60 bits per heavy atom. The molecule has 5 nitrogen and oxygen atoms in total. The van der Waals surface area contributed by atoms with E-state index in [1.807, 2.05) is 0 Å². The van der Waals surface area contributed by atoms with E-state index in [2.05, 4.69) is 34.4 Å². The Morgan fingerprint density at radius 2 is 2.40 bits per heavy atom. The van der Waals surface area contributed by atoms with Crippen molar-refractivity contribution in [1.82, 2.24) is 20.6 Å². The van der Waals surface area contributed by atoms with Crippen LogP contribution in [0.1, 0.15) is 26.1 Å². The fraction of sp³-hybridized carbons (Fsp3) is 0.600. The number of rotatable bonds is 6. The van der Waals surface area contributed by atoms with Gasteiger partial charge in [0.1, 0.15) is 5.82 Å². The van der Waals surface area contributed by atoms with Crippen molar-refractivity contribution in [2.75, 3.05) is 6.54 Å². The fourth-order valence-electron chi connectivity index (χ4n) is 1.14. The summed E-state index contributed by atoms with van der Waals surface area (Å²) in [7, 11) is 0. The number of amides is 1. The topological polar surface area (TPSA) is 69.8 Å². The number of aromatic amines is 1. The normalized spacial score (nSPS) is 10.6. The molecule has 5 heteroatoms. The zero-order chi connectivity index (χ0) is 11.1. The van der Waals surface area contributed by atoms with E-state index in [0.717, 1.165) is 5.82 Å². The number of hydrogen-bond acceptors (Lipinski definition) is 3. The lowest BCUT2D eigenvalue weighted by molar-refractivity contribution is -0.121. The summed E-state index contributed by atoms with van der Waals surface area (Å²) in [6.07, 6.45) is 3.91. The minimum atomic E-state index is 0.0413. The van der Waals surface area contributed by atoms with E-state index < -0.39 is 0 Å². The predicted octanol–water partition coefficient (Wildman–Crippen LogP) is 0.414. The van der Waals surface area contributed by atoms with Gasteiger partial charge in [-0.3, -0.25) is 4.79 Å². The Labute approximate surface area is 89.7 Å². The van der Waals surface area contributed by atoms with Crippen LogP contribution in [0, 0.1) is 0 Å². The van der Waals surface area contributed by atoms with Crippen molar-refractivity contribution in [3.8, 4) is 0 Å². The molecule has 1 aromatic heterocycles. The third kappa shape index (κ3) is 5.17. The zero-order valence-electron chi connectivity index (χ0n) is 9.21. The molecule has 0 bridgehead atoms. The summed E-state index contributed by atoms with van der Waals surface area (Å²) < 4.78 is 0. The molecule has 0 spiro atoms. The molecule has 3 N–H and O–H groups in total. The number of carbonyl (C=O) groups is 1. The van der Waals surface area contributed by atoms with E-state index in [1.165, 1.54) is 0 Å². The summed E-state index contributed by atoms with van der Waals surface area (Å²) in [6, 6.07) is 0.419. The highest BCUT2D eigenvalue weighted by Crippen LogP contribution is 1.88. The van der Waals surface area contributed by atoms with Crippen LogP contribution in [-0.4, -0.2) is 28.5 Å². The average Bonchev–Trinajstić information content (AvgIpc) is 2.66. The molecule has 0 atom stereocenters. The maximum absolute atomic E-state index is 11.3. The quantitative estimate of drug-likeness (QED) is 0.637. The van der Waals surface area contributed by atoms with Crippen molar-refractivity contribution in [3.05, 3.63) is 18.2 Å². The molecule has 0 unspecified atom stereocenters. The number of hydrogen-bond donors (Lipinski definition) is 3. The number of aromatic nitrogens is 2. The van der Waals surface area contributed by atoms with E-state index in [1.54, 1.807) is 12.4 Å². The highest BCUT2D eigenvalue weighted by atomic mass is 16.1. The molecule has 0 aromatic carbocycles. The third-order valence-electron chi connectivity index (χ3n) is 1.91. The number of nitrogens with one attached hydrogen (secondary N) is 3. The van der Waals surface area contributed by atoms with Crippen LogP contribution < -0.4 is 10.6 Å². The maximum atomic E-state index is 11.3. The molecule has 0 aliphatic carbocycles. The van der Waals surface area contributed by atoms with Crippen LogP contribution in [0.2, 0.25) is 0 Å². The molecule has 0 saturated carbocycles. The van der Waals surface area contributed by atoms with Gasteiger partial charge in [0.2, 0.25) is 5.91 Å². The minimum Gasteiger partial charge on any atom is -0.349 e. The lowest BCUT2D eigenvalue weighted by Crippen LogP contribution is -2.30.